The topological polar surface area (TPSA) is 103 Å². The van der Waals surface area contributed by atoms with Crippen LogP contribution in [0.15, 0.2) is 65.5 Å². The Balaban J connectivity index is 1.43. The van der Waals surface area contributed by atoms with Crippen molar-refractivity contribution in [3.8, 4) is 0 Å². The normalized spacial score (nSPS) is 12.0. The van der Waals surface area contributed by atoms with E-state index in [-0.39, 0.29) is 35.5 Å². The molecule has 4 rings (SSSR count). The molecule has 1 atom stereocenters. The molecule has 4 aromatic rings. The van der Waals surface area contributed by atoms with E-state index < -0.39 is 5.97 Å². The van der Waals surface area contributed by atoms with Crippen molar-refractivity contribution in [3.63, 3.8) is 0 Å². The number of nitrogens with one attached hydrogen (secondary N) is 1. The monoisotopic (exact) mass is 490 g/mol. The molecule has 1 unspecified atom stereocenters. The van der Waals surface area contributed by atoms with E-state index in [4.69, 9.17) is 4.74 Å². The van der Waals surface area contributed by atoms with E-state index in [0.717, 1.165) is 10.6 Å². The fourth-order valence-electron chi connectivity index (χ4n) is 3.61. The van der Waals surface area contributed by atoms with Crippen molar-refractivity contribution >= 4 is 33.9 Å². The Kier molecular flexibility index (Phi) is 7.36. The van der Waals surface area contributed by atoms with Crippen molar-refractivity contribution in [1.29, 1.82) is 0 Å². The van der Waals surface area contributed by atoms with Crippen molar-refractivity contribution < 1.29 is 14.3 Å². The molecule has 0 radical (unpaired) electrons. The largest absolute Gasteiger partial charge is 0.456 e. The lowest BCUT2D eigenvalue weighted by molar-refractivity contribution is -0.117. The Morgan fingerprint density at radius 2 is 1.86 bits per heavy atom. The van der Waals surface area contributed by atoms with Crippen molar-refractivity contribution in [3.05, 3.63) is 92.8 Å². The molecule has 0 bridgehead atoms. The first kappa shape index (κ1) is 24.3. The summed E-state index contributed by atoms with van der Waals surface area (Å²) in [6.45, 7) is 5.79. The highest BCUT2D eigenvalue weighted by Gasteiger charge is 2.19. The standard InChI is InChI=1S/C26H26N4O4S/c1-4-21(17-9-6-5-7-10-17)23(32)27-19-12-8-11-18(13-19)25(33)34-15-20-14-22(31)30-26(28-20)35-24(29-30)16(2)3/h5-14,16,21H,4,15H2,1-3H3,(H,27,32). The molecule has 0 aliphatic heterocycles. The molecule has 2 aromatic carbocycles. The van der Waals surface area contributed by atoms with Crippen LogP contribution in [0.1, 0.15) is 65.7 Å². The number of hydrogen-bond donors (Lipinski definition) is 1. The van der Waals surface area contributed by atoms with Crippen LogP contribution in [0.4, 0.5) is 5.69 Å². The Hall–Kier alpha value is -3.85. The number of carbonyl (C=O) groups excluding carboxylic acids is 2. The second kappa shape index (κ2) is 10.6. The molecule has 1 N–H and O–H groups in total. The zero-order valence-corrected chi connectivity index (χ0v) is 20.5. The summed E-state index contributed by atoms with van der Waals surface area (Å²) in [4.78, 5) is 42.7. The SMILES string of the molecule is CCC(C(=O)Nc1cccc(C(=O)OCc2cc(=O)n3nc(C(C)C)sc3n2)c1)c1ccccc1. The van der Waals surface area contributed by atoms with Gasteiger partial charge >= 0.3 is 5.97 Å². The molecule has 0 aliphatic carbocycles. The molecule has 2 heterocycles. The molecular formula is C26H26N4O4S. The summed E-state index contributed by atoms with van der Waals surface area (Å²) in [5, 5.41) is 7.98. The molecule has 35 heavy (non-hydrogen) atoms. The van der Waals surface area contributed by atoms with Crippen molar-refractivity contribution in [1.82, 2.24) is 14.6 Å². The lowest BCUT2D eigenvalue weighted by Crippen LogP contribution is -2.21. The minimum absolute atomic E-state index is 0.146. The molecule has 8 nitrogen and oxygen atoms in total. The molecule has 180 valence electrons. The van der Waals surface area contributed by atoms with Crippen LogP contribution in [0.2, 0.25) is 0 Å². The molecule has 0 fully saturated rings. The van der Waals surface area contributed by atoms with Crippen molar-refractivity contribution in [2.75, 3.05) is 5.32 Å². The third-order valence-corrected chi connectivity index (χ3v) is 6.66. The fourth-order valence-corrected chi connectivity index (χ4v) is 4.54. The van der Waals surface area contributed by atoms with Crippen LogP contribution in [0.3, 0.4) is 0 Å². The quantitative estimate of drug-likeness (QED) is 0.357. The highest BCUT2D eigenvalue weighted by atomic mass is 32.1. The van der Waals surface area contributed by atoms with Crippen molar-refractivity contribution in [2.24, 2.45) is 0 Å². The summed E-state index contributed by atoms with van der Waals surface area (Å²) in [5.41, 5.74) is 1.75. The number of carbonyl (C=O) groups is 2. The van der Waals surface area contributed by atoms with Gasteiger partial charge in [0.2, 0.25) is 10.9 Å². The first-order chi connectivity index (χ1) is 16.9. The predicted octanol–water partition coefficient (Wildman–Crippen LogP) is 4.76. The number of hydrogen-bond acceptors (Lipinski definition) is 7. The number of amides is 1. The van der Waals surface area contributed by atoms with Crippen LogP contribution in [-0.2, 0) is 16.1 Å². The average Bonchev–Trinajstić information content (AvgIpc) is 3.29. The summed E-state index contributed by atoms with van der Waals surface area (Å²) >= 11 is 1.33. The third kappa shape index (κ3) is 5.63. The van der Waals surface area contributed by atoms with Gasteiger partial charge in [0.25, 0.3) is 5.56 Å². The molecule has 0 saturated heterocycles. The number of ether oxygens (including phenoxy) is 1. The number of nitrogens with zero attached hydrogens (tertiary/aromatic N) is 3. The van der Waals surface area contributed by atoms with Crippen LogP contribution in [0.5, 0.6) is 0 Å². The lowest BCUT2D eigenvalue weighted by Gasteiger charge is -2.15. The molecule has 0 saturated carbocycles. The molecule has 2 aromatic heterocycles. The Bertz CT molecular complexity index is 1410. The van der Waals surface area contributed by atoms with Crippen LogP contribution < -0.4 is 10.9 Å². The summed E-state index contributed by atoms with van der Waals surface area (Å²) < 4.78 is 6.65. The number of rotatable bonds is 8. The zero-order chi connectivity index (χ0) is 24.9. The predicted molar refractivity (Wildman–Crippen MR) is 135 cm³/mol. The van der Waals surface area contributed by atoms with Crippen LogP contribution in [0, 0.1) is 0 Å². The van der Waals surface area contributed by atoms with E-state index in [2.05, 4.69) is 15.4 Å². The van der Waals surface area contributed by atoms with Gasteiger partial charge in [0.15, 0.2) is 0 Å². The van der Waals surface area contributed by atoms with Gasteiger partial charge in [-0.1, -0.05) is 68.5 Å². The van der Waals surface area contributed by atoms with Gasteiger partial charge in [0, 0.05) is 17.7 Å². The van der Waals surface area contributed by atoms with Crippen LogP contribution in [-0.4, -0.2) is 26.5 Å². The van der Waals surface area contributed by atoms with E-state index in [1.807, 2.05) is 51.1 Å². The first-order valence-electron chi connectivity index (χ1n) is 11.4. The van der Waals surface area contributed by atoms with E-state index in [9.17, 15) is 14.4 Å². The third-order valence-electron chi connectivity index (χ3n) is 5.45. The van der Waals surface area contributed by atoms with Gasteiger partial charge in [0.1, 0.15) is 11.6 Å². The second-order valence-electron chi connectivity index (χ2n) is 8.39. The minimum Gasteiger partial charge on any atom is -0.456 e. The summed E-state index contributed by atoms with van der Waals surface area (Å²) in [7, 11) is 0. The fraction of sp³-hybridized carbons (Fsp3) is 0.269. The number of aromatic nitrogens is 3. The maximum Gasteiger partial charge on any atom is 0.338 e. The van der Waals surface area contributed by atoms with Gasteiger partial charge in [-0.15, -0.1) is 0 Å². The maximum absolute atomic E-state index is 12.8. The highest BCUT2D eigenvalue weighted by molar-refractivity contribution is 7.16. The number of anilines is 1. The van der Waals surface area contributed by atoms with Gasteiger partial charge in [0.05, 0.1) is 17.2 Å². The van der Waals surface area contributed by atoms with Crippen LogP contribution >= 0.6 is 11.3 Å². The number of fused-ring (bicyclic) bond motifs is 1. The average molecular weight is 491 g/mol. The minimum atomic E-state index is -0.578. The van der Waals surface area contributed by atoms with Gasteiger partial charge in [-0.25, -0.2) is 9.78 Å². The number of benzene rings is 2. The lowest BCUT2D eigenvalue weighted by atomic mass is 9.95. The summed E-state index contributed by atoms with van der Waals surface area (Å²) in [6, 6.07) is 17.5. The van der Waals surface area contributed by atoms with E-state index in [1.165, 1.54) is 21.9 Å². The molecule has 0 aliphatic rings. The van der Waals surface area contributed by atoms with Crippen molar-refractivity contribution in [2.45, 2.75) is 45.6 Å². The Morgan fingerprint density at radius 3 is 2.57 bits per heavy atom. The van der Waals surface area contributed by atoms with Gasteiger partial charge < -0.3 is 10.1 Å². The van der Waals surface area contributed by atoms with E-state index in [1.54, 1.807) is 24.3 Å². The first-order valence-corrected chi connectivity index (χ1v) is 12.2. The van der Waals surface area contributed by atoms with E-state index >= 15 is 0 Å². The Morgan fingerprint density at radius 1 is 1.09 bits per heavy atom. The van der Waals surface area contributed by atoms with Crippen LogP contribution in [0.25, 0.3) is 4.96 Å². The Labute approximate surface area is 206 Å². The molecule has 0 spiro atoms. The smallest absolute Gasteiger partial charge is 0.338 e. The van der Waals surface area contributed by atoms with Gasteiger partial charge in [-0.2, -0.15) is 9.61 Å². The zero-order valence-electron chi connectivity index (χ0n) is 19.7. The highest BCUT2D eigenvalue weighted by Crippen LogP contribution is 2.23. The maximum atomic E-state index is 12.8. The summed E-state index contributed by atoms with van der Waals surface area (Å²) in [5.74, 6) is -0.844. The number of esters is 1. The molecular weight excluding hydrogens is 464 g/mol. The van der Waals surface area contributed by atoms with E-state index in [0.29, 0.717) is 22.8 Å². The van der Waals surface area contributed by atoms with Gasteiger partial charge in [-0.05, 0) is 30.2 Å². The van der Waals surface area contributed by atoms with Gasteiger partial charge in [-0.3, -0.25) is 9.59 Å². The molecule has 1 amide bonds. The second-order valence-corrected chi connectivity index (χ2v) is 9.38. The summed E-state index contributed by atoms with van der Waals surface area (Å²) in [6.07, 6.45) is 0.646. The molecule has 9 heteroatoms.